The van der Waals surface area contributed by atoms with Crippen molar-refractivity contribution in [3.8, 4) is 5.75 Å². The van der Waals surface area contributed by atoms with Gasteiger partial charge in [0, 0.05) is 18.0 Å². The average Bonchev–Trinajstić information content (AvgIpc) is 2.85. The predicted molar refractivity (Wildman–Crippen MR) is 68.3 cm³/mol. The second-order valence-electron chi connectivity index (χ2n) is 4.54. The van der Waals surface area contributed by atoms with Gasteiger partial charge in [0.15, 0.2) is 11.6 Å². The SMILES string of the molecule is CCNC(C)c1cccc(F)c1OC1CCOC1. The van der Waals surface area contributed by atoms with Gasteiger partial charge in [-0.2, -0.15) is 0 Å². The van der Waals surface area contributed by atoms with Crippen LogP contribution in [0, 0.1) is 5.82 Å². The maximum absolute atomic E-state index is 13.9. The monoisotopic (exact) mass is 253 g/mol. The highest BCUT2D eigenvalue weighted by Gasteiger charge is 2.22. The number of hydrogen-bond donors (Lipinski definition) is 1. The molecule has 0 aliphatic carbocycles. The van der Waals surface area contributed by atoms with Crippen molar-refractivity contribution in [3.05, 3.63) is 29.6 Å². The molecule has 100 valence electrons. The summed E-state index contributed by atoms with van der Waals surface area (Å²) in [5, 5.41) is 3.28. The molecule has 1 aromatic rings. The smallest absolute Gasteiger partial charge is 0.165 e. The quantitative estimate of drug-likeness (QED) is 0.875. The van der Waals surface area contributed by atoms with E-state index in [9.17, 15) is 4.39 Å². The summed E-state index contributed by atoms with van der Waals surface area (Å²) in [6.45, 7) is 6.11. The molecule has 0 saturated carbocycles. The summed E-state index contributed by atoms with van der Waals surface area (Å²) in [6, 6.07) is 5.13. The number of benzene rings is 1. The van der Waals surface area contributed by atoms with Crippen molar-refractivity contribution in [2.45, 2.75) is 32.4 Å². The fourth-order valence-corrected chi connectivity index (χ4v) is 2.18. The minimum atomic E-state index is -0.302. The zero-order chi connectivity index (χ0) is 13.0. The standard InChI is InChI=1S/C14H20FNO2/c1-3-16-10(2)12-5-4-6-13(15)14(12)18-11-7-8-17-9-11/h4-6,10-11,16H,3,7-9H2,1-2H3. The highest BCUT2D eigenvalue weighted by atomic mass is 19.1. The Kier molecular flexibility index (Phi) is 4.55. The van der Waals surface area contributed by atoms with Crippen LogP contribution in [-0.4, -0.2) is 25.9 Å². The van der Waals surface area contributed by atoms with E-state index in [2.05, 4.69) is 5.32 Å². The van der Waals surface area contributed by atoms with Gasteiger partial charge < -0.3 is 14.8 Å². The maximum Gasteiger partial charge on any atom is 0.165 e. The third kappa shape index (κ3) is 3.00. The molecule has 0 spiro atoms. The number of rotatable bonds is 5. The highest BCUT2D eigenvalue weighted by Crippen LogP contribution is 2.30. The van der Waals surface area contributed by atoms with Crippen LogP contribution in [0.5, 0.6) is 5.75 Å². The molecular weight excluding hydrogens is 233 g/mol. The van der Waals surface area contributed by atoms with E-state index in [1.54, 1.807) is 6.07 Å². The molecule has 4 heteroatoms. The zero-order valence-electron chi connectivity index (χ0n) is 10.9. The van der Waals surface area contributed by atoms with Gasteiger partial charge in [-0.25, -0.2) is 4.39 Å². The van der Waals surface area contributed by atoms with Gasteiger partial charge in [0.2, 0.25) is 0 Å². The lowest BCUT2D eigenvalue weighted by Crippen LogP contribution is -2.22. The molecule has 1 aliphatic heterocycles. The number of ether oxygens (including phenoxy) is 2. The van der Waals surface area contributed by atoms with Crippen molar-refractivity contribution in [2.75, 3.05) is 19.8 Å². The first-order valence-corrected chi connectivity index (χ1v) is 6.48. The summed E-state index contributed by atoms with van der Waals surface area (Å²) in [4.78, 5) is 0. The Balaban J connectivity index is 2.19. The van der Waals surface area contributed by atoms with Crippen LogP contribution in [0.3, 0.4) is 0 Å². The van der Waals surface area contributed by atoms with E-state index in [-0.39, 0.29) is 18.0 Å². The predicted octanol–water partition coefficient (Wildman–Crippen LogP) is 2.66. The molecule has 1 N–H and O–H groups in total. The molecule has 0 radical (unpaired) electrons. The summed E-state index contributed by atoms with van der Waals surface area (Å²) >= 11 is 0. The summed E-state index contributed by atoms with van der Waals surface area (Å²) in [7, 11) is 0. The molecule has 0 aromatic heterocycles. The molecule has 18 heavy (non-hydrogen) atoms. The second-order valence-corrected chi connectivity index (χ2v) is 4.54. The van der Waals surface area contributed by atoms with Gasteiger partial charge in [0.25, 0.3) is 0 Å². The molecule has 0 amide bonds. The summed E-state index contributed by atoms with van der Waals surface area (Å²) in [5.74, 6) is 0.0607. The van der Waals surface area contributed by atoms with Gasteiger partial charge in [-0.15, -0.1) is 0 Å². The van der Waals surface area contributed by atoms with Crippen LogP contribution in [0.2, 0.25) is 0 Å². The van der Waals surface area contributed by atoms with Crippen LogP contribution in [0.25, 0.3) is 0 Å². The minimum absolute atomic E-state index is 0.0329. The van der Waals surface area contributed by atoms with E-state index in [1.165, 1.54) is 6.07 Å². The molecule has 2 unspecified atom stereocenters. The van der Waals surface area contributed by atoms with E-state index in [0.717, 1.165) is 18.5 Å². The average molecular weight is 253 g/mol. The summed E-state index contributed by atoms with van der Waals surface area (Å²) in [6.07, 6.45) is 0.790. The molecular formula is C14H20FNO2. The Bertz CT molecular complexity index is 391. The van der Waals surface area contributed by atoms with Crippen molar-refractivity contribution < 1.29 is 13.9 Å². The molecule has 1 aliphatic rings. The van der Waals surface area contributed by atoms with Crippen LogP contribution in [0.4, 0.5) is 4.39 Å². The van der Waals surface area contributed by atoms with Gasteiger partial charge >= 0.3 is 0 Å². The molecule has 1 heterocycles. The highest BCUT2D eigenvalue weighted by molar-refractivity contribution is 5.37. The third-order valence-corrected chi connectivity index (χ3v) is 3.15. The lowest BCUT2D eigenvalue weighted by Gasteiger charge is -2.20. The molecule has 2 atom stereocenters. The fraction of sp³-hybridized carbons (Fsp3) is 0.571. The lowest BCUT2D eigenvalue weighted by atomic mass is 10.1. The van der Waals surface area contributed by atoms with Crippen LogP contribution < -0.4 is 10.1 Å². The van der Waals surface area contributed by atoms with Crippen LogP contribution in [-0.2, 0) is 4.74 Å². The van der Waals surface area contributed by atoms with E-state index in [1.807, 2.05) is 19.9 Å². The summed E-state index contributed by atoms with van der Waals surface area (Å²) in [5.41, 5.74) is 0.865. The largest absolute Gasteiger partial charge is 0.485 e. The Morgan fingerprint density at radius 2 is 2.39 bits per heavy atom. The first-order valence-electron chi connectivity index (χ1n) is 6.48. The Morgan fingerprint density at radius 1 is 1.56 bits per heavy atom. The lowest BCUT2D eigenvalue weighted by molar-refractivity contribution is 0.137. The number of nitrogens with one attached hydrogen (secondary N) is 1. The molecule has 2 rings (SSSR count). The minimum Gasteiger partial charge on any atom is -0.485 e. The van der Waals surface area contributed by atoms with Gasteiger partial charge in [0.05, 0.1) is 13.2 Å². The first kappa shape index (κ1) is 13.3. The molecule has 0 bridgehead atoms. The van der Waals surface area contributed by atoms with Crippen LogP contribution in [0.15, 0.2) is 18.2 Å². The normalized spacial score (nSPS) is 20.9. The van der Waals surface area contributed by atoms with Crippen molar-refractivity contribution in [1.29, 1.82) is 0 Å². The molecule has 1 fully saturated rings. The second kappa shape index (κ2) is 6.16. The van der Waals surface area contributed by atoms with Gasteiger partial charge in [-0.1, -0.05) is 19.1 Å². The van der Waals surface area contributed by atoms with Crippen molar-refractivity contribution in [3.63, 3.8) is 0 Å². The molecule has 1 saturated heterocycles. The number of halogens is 1. The van der Waals surface area contributed by atoms with Gasteiger partial charge in [-0.3, -0.25) is 0 Å². The first-order chi connectivity index (χ1) is 8.72. The van der Waals surface area contributed by atoms with Crippen molar-refractivity contribution in [1.82, 2.24) is 5.32 Å². The third-order valence-electron chi connectivity index (χ3n) is 3.15. The van der Waals surface area contributed by atoms with Crippen LogP contribution in [0.1, 0.15) is 31.9 Å². The van der Waals surface area contributed by atoms with E-state index >= 15 is 0 Å². The molecule has 3 nitrogen and oxygen atoms in total. The maximum atomic E-state index is 13.9. The topological polar surface area (TPSA) is 30.5 Å². The Hall–Kier alpha value is -1.13. The number of para-hydroxylation sites is 1. The Morgan fingerprint density at radius 3 is 3.06 bits per heavy atom. The van der Waals surface area contributed by atoms with Crippen molar-refractivity contribution >= 4 is 0 Å². The van der Waals surface area contributed by atoms with Gasteiger partial charge in [-0.05, 0) is 19.5 Å². The van der Waals surface area contributed by atoms with E-state index in [0.29, 0.717) is 19.0 Å². The Labute approximate surface area is 107 Å². The molecule has 1 aromatic carbocycles. The number of hydrogen-bond acceptors (Lipinski definition) is 3. The van der Waals surface area contributed by atoms with Crippen LogP contribution >= 0.6 is 0 Å². The van der Waals surface area contributed by atoms with E-state index < -0.39 is 0 Å². The van der Waals surface area contributed by atoms with Gasteiger partial charge in [0.1, 0.15) is 6.10 Å². The zero-order valence-corrected chi connectivity index (χ0v) is 10.9. The van der Waals surface area contributed by atoms with Crippen molar-refractivity contribution in [2.24, 2.45) is 0 Å². The summed E-state index contributed by atoms with van der Waals surface area (Å²) < 4.78 is 24.9. The van der Waals surface area contributed by atoms with E-state index in [4.69, 9.17) is 9.47 Å². The fourth-order valence-electron chi connectivity index (χ4n) is 2.18.